The third-order valence-electron chi connectivity index (χ3n) is 11.1. The summed E-state index contributed by atoms with van der Waals surface area (Å²) in [6.45, 7) is 5.97. The Morgan fingerprint density at radius 3 is 2.47 bits per heavy atom. The number of anilines is 1. The molecule has 0 spiro atoms. The van der Waals surface area contributed by atoms with E-state index in [-0.39, 0.29) is 33.2 Å². The van der Waals surface area contributed by atoms with Gasteiger partial charge in [-0.2, -0.15) is 0 Å². The third-order valence-corrected chi connectivity index (χ3v) is 11.3. The number of amides is 1. The Kier molecular flexibility index (Phi) is 13.5. The number of benzene rings is 4. The number of aryl methyl sites for hydroxylation is 1. The molecule has 0 aromatic heterocycles. The van der Waals surface area contributed by atoms with Crippen LogP contribution in [0.1, 0.15) is 81.6 Å². The molecule has 2 heterocycles. The SMILES string of the molecule is CCC(C)(C)C(=O)C(=O)N1CCCCC1C(=O)OC(CCCc1ccccc1)CCNC(=S)Nc1ccc(-c2c3ccc(=O)cc-3oc3cc(O)ccc23)c(C(=O)O)c1. The standard InChI is InChI=1S/C46H49N3O9S/c1-4-46(2,3)41(52)42(53)49-24-9-8-15-37(49)44(56)57-32(14-10-13-28-11-6-5-7-12-28)22-23-47-45(59)48-29-16-19-33(36(25-29)43(54)55)40-34-20-17-30(50)26-38(34)58-39-27-31(51)18-21-35(39)40/h5-7,11-12,16-21,25-27,32,37,50H,4,8-10,13-15,22-24H2,1-3H3,(H,54,55)(H2,47,48,59). The minimum absolute atomic E-state index is 0.0357. The van der Waals surface area contributed by atoms with Gasteiger partial charge >= 0.3 is 11.9 Å². The van der Waals surface area contributed by atoms with Gasteiger partial charge in [-0.1, -0.05) is 57.2 Å². The monoisotopic (exact) mass is 819 g/mol. The van der Waals surface area contributed by atoms with Gasteiger partial charge in [0.15, 0.2) is 10.5 Å². The number of phenolic OH excluding ortho intramolecular Hbond substituents is 1. The summed E-state index contributed by atoms with van der Waals surface area (Å²) in [6, 6.07) is 22.8. The second kappa shape index (κ2) is 18.7. The summed E-state index contributed by atoms with van der Waals surface area (Å²) in [4.78, 5) is 66.6. The summed E-state index contributed by atoms with van der Waals surface area (Å²) in [5.41, 5.74) is 2.11. The number of carbonyl (C=O) groups excluding carboxylic acids is 3. The molecule has 4 N–H and O–H groups in total. The van der Waals surface area contributed by atoms with Crippen molar-refractivity contribution in [2.45, 2.75) is 84.3 Å². The Hall–Kier alpha value is -6.08. The summed E-state index contributed by atoms with van der Waals surface area (Å²) < 4.78 is 12.1. The Morgan fingerprint density at radius 1 is 0.966 bits per heavy atom. The number of piperidine rings is 1. The molecule has 1 saturated heterocycles. The number of rotatable bonds is 15. The number of aromatic hydroxyl groups is 1. The number of Topliss-reactive ketones (excluding diaryl/α,β-unsaturated/α-hetero) is 1. The third kappa shape index (κ3) is 10.1. The summed E-state index contributed by atoms with van der Waals surface area (Å²) in [5.74, 6) is -2.67. The van der Waals surface area contributed by atoms with Crippen molar-refractivity contribution in [2.24, 2.45) is 5.41 Å². The lowest BCUT2D eigenvalue weighted by molar-refractivity contribution is -0.164. The van der Waals surface area contributed by atoms with Gasteiger partial charge in [0, 0.05) is 59.3 Å². The lowest BCUT2D eigenvalue weighted by Crippen LogP contribution is -2.53. The molecule has 2 aliphatic heterocycles. The maximum absolute atomic E-state index is 13.8. The zero-order valence-electron chi connectivity index (χ0n) is 33.4. The average molecular weight is 820 g/mol. The number of likely N-dealkylation sites (tertiary alicyclic amines) is 1. The molecule has 1 fully saturated rings. The number of carbonyl (C=O) groups is 4. The number of aromatic carboxylic acids is 1. The van der Waals surface area contributed by atoms with Gasteiger partial charge in [0.05, 0.1) is 5.56 Å². The first-order valence-corrected chi connectivity index (χ1v) is 20.4. The maximum atomic E-state index is 13.8. The van der Waals surface area contributed by atoms with Crippen molar-refractivity contribution in [3.63, 3.8) is 0 Å². The topological polar surface area (TPSA) is 175 Å². The molecule has 308 valence electrons. The number of ketones is 1. The average Bonchev–Trinajstić information content (AvgIpc) is 3.22. The van der Waals surface area contributed by atoms with Crippen LogP contribution in [0.4, 0.5) is 5.69 Å². The van der Waals surface area contributed by atoms with Crippen molar-refractivity contribution >= 4 is 57.6 Å². The quantitative estimate of drug-likeness (QED) is 0.0348. The number of esters is 1. The van der Waals surface area contributed by atoms with E-state index in [2.05, 4.69) is 10.6 Å². The van der Waals surface area contributed by atoms with Crippen LogP contribution in [0.25, 0.3) is 33.4 Å². The summed E-state index contributed by atoms with van der Waals surface area (Å²) in [6.07, 6.45) is 4.31. The van der Waals surface area contributed by atoms with Gasteiger partial charge in [0.25, 0.3) is 5.91 Å². The highest BCUT2D eigenvalue weighted by atomic mass is 32.1. The van der Waals surface area contributed by atoms with Gasteiger partial charge in [-0.3, -0.25) is 14.4 Å². The van der Waals surface area contributed by atoms with Gasteiger partial charge in [-0.25, -0.2) is 9.59 Å². The van der Waals surface area contributed by atoms with Crippen molar-refractivity contribution in [3.8, 4) is 28.2 Å². The first-order valence-electron chi connectivity index (χ1n) is 20.0. The normalized spacial score (nSPS) is 14.8. The number of hydrogen-bond donors (Lipinski definition) is 4. The Morgan fingerprint density at radius 2 is 1.73 bits per heavy atom. The lowest BCUT2D eigenvalue weighted by atomic mass is 9.84. The smallest absolute Gasteiger partial charge is 0.336 e. The van der Waals surface area contributed by atoms with Crippen LogP contribution in [0.15, 0.2) is 94.1 Å². The molecule has 3 aromatic carbocycles. The number of hydrogen-bond acceptors (Lipinski definition) is 9. The predicted molar refractivity (Wildman–Crippen MR) is 230 cm³/mol. The van der Waals surface area contributed by atoms with Gasteiger partial charge < -0.3 is 34.9 Å². The van der Waals surface area contributed by atoms with E-state index in [0.717, 1.165) is 24.8 Å². The predicted octanol–water partition coefficient (Wildman–Crippen LogP) is 7.97. The first-order chi connectivity index (χ1) is 28.2. The Bertz CT molecular complexity index is 2390. The lowest BCUT2D eigenvalue weighted by Gasteiger charge is -2.36. The number of thiocarbonyl (C=S) groups is 1. The molecular weight excluding hydrogens is 771 g/mol. The summed E-state index contributed by atoms with van der Waals surface area (Å²) >= 11 is 5.60. The molecule has 3 aromatic rings. The highest BCUT2D eigenvalue weighted by molar-refractivity contribution is 7.80. The van der Waals surface area contributed by atoms with Crippen molar-refractivity contribution in [3.05, 3.63) is 106 Å². The van der Waals surface area contributed by atoms with E-state index in [1.807, 2.05) is 37.3 Å². The second-order valence-corrected chi connectivity index (χ2v) is 16.0. The van der Waals surface area contributed by atoms with Gasteiger partial charge in [-0.05, 0) is 105 Å². The van der Waals surface area contributed by atoms with Crippen molar-refractivity contribution in [1.82, 2.24) is 10.2 Å². The fourth-order valence-electron chi connectivity index (χ4n) is 7.37. The summed E-state index contributed by atoms with van der Waals surface area (Å²) in [7, 11) is 0. The minimum atomic E-state index is -1.19. The second-order valence-electron chi connectivity index (χ2n) is 15.6. The number of phenols is 1. The van der Waals surface area contributed by atoms with Crippen molar-refractivity contribution < 1.29 is 38.5 Å². The van der Waals surface area contributed by atoms with Crippen LogP contribution in [0.5, 0.6) is 5.75 Å². The molecule has 2 atom stereocenters. The van der Waals surface area contributed by atoms with E-state index < -0.39 is 41.2 Å². The highest BCUT2D eigenvalue weighted by Gasteiger charge is 2.41. The number of fused-ring (bicyclic) bond motifs is 2. The molecule has 0 radical (unpaired) electrons. The zero-order valence-corrected chi connectivity index (χ0v) is 34.2. The molecule has 1 aliphatic carbocycles. The largest absolute Gasteiger partial charge is 0.508 e. The van der Waals surface area contributed by atoms with Gasteiger partial charge in [-0.15, -0.1) is 0 Å². The molecule has 59 heavy (non-hydrogen) atoms. The van der Waals surface area contributed by atoms with Crippen LogP contribution in [-0.4, -0.2) is 69.1 Å². The molecule has 13 heteroatoms. The summed E-state index contributed by atoms with van der Waals surface area (Å²) in [5, 5.41) is 27.5. The van der Waals surface area contributed by atoms with E-state index >= 15 is 0 Å². The number of nitrogens with zero attached hydrogens (tertiary/aromatic N) is 1. The number of carboxylic acids is 1. The fraction of sp³-hybridized carbons (Fsp3) is 0.348. The molecule has 0 bridgehead atoms. The molecule has 2 unspecified atom stereocenters. The zero-order chi connectivity index (χ0) is 42.3. The Labute approximate surface area is 347 Å². The van der Waals surface area contributed by atoms with E-state index in [9.17, 15) is 34.2 Å². The Balaban J connectivity index is 1.15. The molecule has 3 aliphatic rings. The van der Waals surface area contributed by atoms with E-state index in [1.165, 1.54) is 35.2 Å². The van der Waals surface area contributed by atoms with Crippen molar-refractivity contribution in [2.75, 3.05) is 18.4 Å². The van der Waals surface area contributed by atoms with Crippen LogP contribution >= 0.6 is 12.2 Å². The van der Waals surface area contributed by atoms with Crippen LogP contribution in [0.2, 0.25) is 0 Å². The van der Waals surface area contributed by atoms with E-state index in [1.54, 1.807) is 38.1 Å². The number of nitrogens with one attached hydrogen (secondary N) is 2. The fourth-order valence-corrected chi connectivity index (χ4v) is 7.59. The molecular formula is C46H49N3O9S. The maximum Gasteiger partial charge on any atom is 0.336 e. The van der Waals surface area contributed by atoms with Crippen LogP contribution in [0.3, 0.4) is 0 Å². The van der Waals surface area contributed by atoms with Crippen LogP contribution < -0.4 is 16.1 Å². The number of ether oxygens (including phenoxy) is 1. The van der Waals surface area contributed by atoms with Crippen LogP contribution in [0, 0.1) is 5.41 Å². The van der Waals surface area contributed by atoms with E-state index in [4.69, 9.17) is 21.4 Å². The van der Waals surface area contributed by atoms with Gasteiger partial charge in [0.2, 0.25) is 5.78 Å². The molecule has 0 saturated carbocycles. The van der Waals surface area contributed by atoms with Crippen LogP contribution in [-0.2, 0) is 25.5 Å². The highest BCUT2D eigenvalue weighted by Crippen LogP contribution is 2.42. The molecule has 1 amide bonds. The van der Waals surface area contributed by atoms with Crippen molar-refractivity contribution in [1.29, 1.82) is 0 Å². The minimum Gasteiger partial charge on any atom is -0.508 e. The molecule has 6 rings (SSSR count). The molecule has 12 nitrogen and oxygen atoms in total. The van der Waals surface area contributed by atoms with Gasteiger partial charge in [0.1, 0.15) is 29.2 Å². The first kappa shape index (κ1) is 42.5. The van der Waals surface area contributed by atoms with E-state index in [0.29, 0.717) is 73.0 Å². The number of carboxylic acid groups (broad SMARTS) is 1.